The summed E-state index contributed by atoms with van der Waals surface area (Å²) in [6.45, 7) is 3.80. The highest BCUT2D eigenvalue weighted by Crippen LogP contribution is 2.28. The third-order valence-corrected chi connectivity index (χ3v) is 2.79. The summed E-state index contributed by atoms with van der Waals surface area (Å²) >= 11 is 6.06. The lowest BCUT2D eigenvalue weighted by Crippen LogP contribution is -1.97. The standard InChI is InChI=1S/C13H14ClNO3/c1-8-5-11(15-18-8)7-17-13-4-3-10(9(2)16)6-12(13)14/h3-6,9,16H,7H2,1-2H3. The summed E-state index contributed by atoms with van der Waals surface area (Å²) in [5.41, 5.74) is 1.47. The van der Waals surface area contributed by atoms with Crippen LogP contribution in [-0.2, 0) is 6.61 Å². The van der Waals surface area contributed by atoms with Gasteiger partial charge in [-0.1, -0.05) is 22.8 Å². The van der Waals surface area contributed by atoms with Crippen LogP contribution in [0.25, 0.3) is 0 Å². The maximum Gasteiger partial charge on any atom is 0.138 e. The molecule has 0 spiro atoms. The Bertz CT molecular complexity index is 537. The second kappa shape index (κ2) is 5.42. The van der Waals surface area contributed by atoms with E-state index in [1.165, 1.54) is 0 Å². The minimum Gasteiger partial charge on any atom is -0.486 e. The van der Waals surface area contributed by atoms with Crippen LogP contribution in [0.15, 0.2) is 28.8 Å². The molecule has 1 aromatic carbocycles. The van der Waals surface area contributed by atoms with Crippen molar-refractivity contribution in [2.75, 3.05) is 0 Å². The Morgan fingerprint density at radius 2 is 2.22 bits per heavy atom. The van der Waals surface area contributed by atoms with Crippen molar-refractivity contribution in [2.45, 2.75) is 26.6 Å². The molecule has 0 aliphatic heterocycles. The molecule has 0 radical (unpaired) electrons. The SMILES string of the molecule is Cc1cc(COc2ccc(C(C)O)cc2Cl)no1. The van der Waals surface area contributed by atoms with Gasteiger partial charge >= 0.3 is 0 Å². The van der Waals surface area contributed by atoms with E-state index < -0.39 is 6.10 Å². The first-order valence-corrected chi connectivity index (χ1v) is 5.96. The summed E-state index contributed by atoms with van der Waals surface area (Å²) in [4.78, 5) is 0. The summed E-state index contributed by atoms with van der Waals surface area (Å²) in [5.74, 6) is 1.30. The Hall–Kier alpha value is -1.52. The molecule has 0 bridgehead atoms. The molecule has 2 aromatic rings. The van der Waals surface area contributed by atoms with Gasteiger partial charge in [-0.05, 0) is 31.5 Å². The molecule has 96 valence electrons. The second-order valence-corrected chi connectivity index (χ2v) is 4.49. The molecule has 1 heterocycles. The van der Waals surface area contributed by atoms with Crippen LogP contribution in [-0.4, -0.2) is 10.3 Å². The average Bonchev–Trinajstić information content (AvgIpc) is 2.73. The zero-order valence-corrected chi connectivity index (χ0v) is 10.9. The second-order valence-electron chi connectivity index (χ2n) is 4.08. The molecule has 1 unspecified atom stereocenters. The molecule has 0 fully saturated rings. The molecule has 1 atom stereocenters. The Labute approximate surface area is 110 Å². The lowest BCUT2D eigenvalue weighted by atomic mass is 10.1. The fraction of sp³-hybridized carbons (Fsp3) is 0.308. The molecule has 1 N–H and O–H groups in total. The molecule has 0 aliphatic rings. The Morgan fingerprint density at radius 3 is 2.78 bits per heavy atom. The van der Waals surface area contributed by atoms with E-state index in [-0.39, 0.29) is 0 Å². The van der Waals surface area contributed by atoms with Gasteiger partial charge in [-0.15, -0.1) is 0 Å². The van der Waals surface area contributed by atoms with Crippen LogP contribution in [0.3, 0.4) is 0 Å². The Kier molecular flexibility index (Phi) is 3.89. The normalized spacial score (nSPS) is 12.4. The number of rotatable bonds is 4. The highest BCUT2D eigenvalue weighted by molar-refractivity contribution is 6.32. The minimum atomic E-state index is -0.547. The fourth-order valence-corrected chi connectivity index (χ4v) is 1.78. The first kappa shape index (κ1) is 12.9. The molecule has 0 aliphatic carbocycles. The van der Waals surface area contributed by atoms with E-state index in [4.69, 9.17) is 20.9 Å². The molecule has 0 saturated heterocycles. The number of aryl methyl sites for hydroxylation is 1. The zero-order chi connectivity index (χ0) is 13.1. The van der Waals surface area contributed by atoms with Crippen LogP contribution in [0.1, 0.15) is 30.0 Å². The van der Waals surface area contributed by atoms with Gasteiger partial charge in [-0.3, -0.25) is 0 Å². The maximum atomic E-state index is 9.43. The van der Waals surface area contributed by atoms with Crippen molar-refractivity contribution < 1.29 is 14.4 Å². The Balaban J connectivity index is 2.05. The van der Waals surface area contributed by atoms with E-state index in [2.05, 4.69) is 5.16 Å². The van der Waals surface area contributed by atoms with Gasteiger partial charge in [0.2, 0.25) is 0 Å². The zero-order valence-electron chi connectivity index (χ0n) is 10.2. The van der Waals surface area contributed by atoms with Crippen molar-refractivity contribution in [3.05, 3.63) is 46.3 Å². The van der Waals surface area contributed by atoms with Crippen LogP contribution < -0.4 is 4.74 Å². The van der Waals surface area contributed by atoms with Gasteiger partial charge in [0.25, 0.3) is 0 Å². The highest BCUT2D eigenvalue weighted by atomic mass is 35.5. The van der Waals surface area contributed by atoms with Crippen LogP contribution >= 0.6 is 11.6 Å². The number of aliphatic hydroxyl groups is 1. The molecule has 1 aromatic heterocycles. The van der Waals surface area contributed by atoms with Gasteiger partial charge in [0, 0.05) is 6.07 Å². The molecular weight excluding hydrogens is 254 g/mol. The lowest BCUT2D eigenvalue weighted by Gasteiger charge is -2.09. The van der Waals surface area contributed by atoms with Crippen LogP contribution in [0, 0.1) is 6.92 Å². The van der Waals surface area contributed by atoms with Crippen molar-refractivity contribution in [2.24, 2.45) is 0 Å². The first-order chi connectivity index (χ1) is 8.56. The summed E-state index contributed by atoms with van der Waals surface area (Å²) < 4.78 is 10.5. The molecule has 0 saturated carbocycles. The highest BCUT2D eigenvalue weighted by Gasteiger charge is 2.08. The van der Waals surface area contributed by atoms with E-state index in [1.807, 2.05) is 6.92 Å². The van der Waals surface area contributed by atoms with E-state index in [1.54, 1.807) is 31.2 Å². The number of hydrogen-bond acceptors (Lipinski definition) is 4. The van der Waals surface area contributed by atoms with Crippen molar-refractivity contribution in [1.29, 1.82) is 0 Å². The van der Waals surface area contributed by atoms with Crippen molar-refractivity contribution in [1.82, 2.24) is 5.16 Å². The van der Waals surface area contributed by atoms with Gasteiger partial charge < -0.3 is 14.4 Å². The predicted octanol–water partition coefficient (Wildman–Crippen LogP) is 3.27. The minimum absolute atomic E-state index is 0.297. The van der Waals surface area contributed by atoms with E-state index in [0.29, 0.717) is 23.1 Å². The van der Waals surface area contributed by atoms with Gasteiger partial charge in [-0.25, -0.2) is 0 Å². The number of benzene rings is 1. The van der Waals surface area contributed by atoms with Crippen LogP contribution in [0.5, 0.6) is 5.75 Å². The molecule has 18 heavy (non-hydrogen) atoms. The van der Waals surface area contributed by atoms with Gasteiger partial charge in [0.15, 0.2) is 0 Å². The van der Waals surface area contributed by atoms with Crippen LogP contribution in [0.4, 0.5) is 0 Å². The van der Waals surface area contributed by atoms with Gasteiger partial charge in [0.1, 0.15) is 23.8 Å². The molecule has 2 rings (SSSR count). The van der Waals surface area contributed by atoms with E-state index in [9.17, 15) is 5.11 Å². The van der Waals surface area contributed by atoms with Crippen molar-refractivity contribution >= 4 is 11.6 Å². The van der Waals surface area contributed by atoms with Crippen LogP contribution in [0.2, 0.25) is 5.02 Å². The number of halogens is 1. The average molecular weight is 268 g/mol. The summed E-state index contributed by atoms with van der Waals surface area (Å²) in [6.07, 6.45) is -0.547. The number of aliphatic hydroxyl groups excluding tert-OH is 1. The monoisotopic (exact) mass is 267 g/mol. The maximum absolute atomic E-state index is 9.43. The molecule has 4 nitrogen and oxygen atoms in total. The molecule has 5 heteroatoms. The predicted molar refractivity (Wildman–Crippen MR) is 67.7 cm³/mol. The fourth-order valence-electron chi connectivity index (χ4n) is 1.53. The van der Waals surface area contributed by atoms with Crippen molar-refractivity contribution in [3.63, 3.8) is 0 Å². The van der Waals surface area contributed by atoms with Gasteiger partial charge in [-0.2, -0.15) is 0 Å². The number of nitrogens with zero attached hydrogens (tertiary/aromatic N) is 1. The molecular formula is C13H14ClNO3. The molecule has 0 amide bonds. The number of hydrogen-bond donors (Lipinski definition) is 1. The Morgan fingerprint density at radius 1 is 1.44 bits per heavy atom. The largest absolute Gasteiger partial charge is 0.486 e. The van der Waals surface area contributed by atoms with Gasteiger partial charge in [0.05, 0.1) is 11.1 Å². The smallest absolute Gasteiger partial charge is 0.138 e. The number of aromatic nitrogens is 1. The quantitative estimate of drug-likeness (QED) is 0.924. The summed E-state index contributed by atoms with van der Waals surface area (Å²) in [7, 11) is 0. The van der Waals surface area contributed by atoms with E-state index >= 15 is 0 Å². The van der Waals surface area contributed by atoms with Crippen molar-refractivity contribution in [3.8, 4) is 5.75 Å². The first-order valence-electron chi connectivity index (χ1n) is 5.59. The third-order valence-electron chi connectivity index (χ3n) is 2.49. The number of ether oxygens (including phenoxy) is 1. The summed E-state index contributed by atoms with van der Waals surface area (Å²) in [5, 5.41) is 13.7. The third kappa shape index (κ3) is 3.03. The summed E-state index contributed by atoms with van der Waals surface area (Å²) in [6, 6.07) is 7.00. The van der Waals surface area contributed by atoms with E-state index in [0.717, 1.165) is 11.3 Å². The topological polar surface area (TPSA) is 55.5 Å². The lowest BCUT2D eigenvalue weighted by molar-refractivity contribution is 0.199.